The summed E-state index contributed by atoms with van der Waals surface area (Å²) in [6.45, 7) is 8.52. The van der Waals surface area contributed by atoms with Gasteiger partial charge in [0.05, 0.1) is 18.9 Å². The molecule has 0 aromatic carbocycles. The molecule has 1 aromatic rings. The lowest BCUT2D eigenvalue weighted by Gasteiger charge is -2.35. The molecule has 3 aliphatic heterocycles. The van der Waals surface area contributed by atoms with Crippen LogP contribution in [0.3, 0.4) is 0 Å². The molecule has 5 nitrogen and oxygen atoms in total. The SMILES string of the molecule is c1[nH]c(N2CCCC2)c(N2CCOCC2)c1N1CCCCC1. The lowest BCUT2D eigenvalue weighted by atomic mass is 10.1. The van der Waals surface area contributed by atoms with Gasteiger partial charge in [-0.3, -0.25) is 0 Å². The molecule has 0 saturated carbocycles. The number of morpholine rings is 1. The van der Waals surface area contributed by atoms with Crippen LogP contribution in [0.4, 0.5) is 17.2 Å². The molecule has 0 bridgehead atoms. The van der Waals surface area contributed by atoms with Gasteiger partial charge in [-0.25, -0.2) is 0 Å². The van der Waals surface area contributed by atoms with E-state index in [4.69, 9.17) is 4.74 Å². The minimum atomic E-state index is 0.851. The third-order valence-electron chi connectivity index (χ3n) is 5.26. The molecule has 0 amide bonds. The van der Waals surface area contributed by atoms with Gasteiger partial charge in [-0.15, -0.1) is 0 Å². The number of nitrogens with zero attached hydrogens (tertiary/aromatic N) is 3. The number of hydrogen-bond acceptors (Lipinski definition) is 4. The van der Waals surface area contributed by atoms with E-state index in [1.165, 1.54) is 75.5 Å². The standard InChI is InChI=1S/C17H28N4O/c1-2-6-19(7-3-1)15-14-18-17(21-8-4-5-9-21)16(15)20-10-12-22-13-11-20/h14,18H,1-13H2. The number of nitrogens with one attached hydrogen (secondary N) is 1. The average molecular weight is 304 g/mol. The van der Waals surface area contributed by atoms with Crippen LogP contribution in [0.5, 0.6) is 0 Å². The molecule has 3 aliphatic rings. The van der Waals surface area contributed by atoms with Crippen molar-refractivity contribution in [2.24, 2.45) is 0 Å². The molecule has 0 aliphatic carbocycles. The lowest BCUT2D eigenvalue weighted by Crippen LogP contribution is -2.39. The number of hydrogen-bond donors (Lipinski definition) is 1. The van der Waals surface area contributed by atoms with Crippen molar-refractivity contribution in [3.8, 4) is 0 Å². The van der Waals surface area contributed by atoms with E-state index in [-0.39, 0.29) is 0 Å². The van der Waals surface area contributed by atoms with E-state index < -0.39 is 0 Å². The molecule has 3 fully saturated rings. The van der Waals surface area contributed by atoms with Gasteiger partial charge in [-0.05, 0) is 32.1 Å². The van der Waals surface area contributed by atoms with Gasteiger partial charge < -0.3 is 24.4 Å². The summed E-state index contributed by atoms with van der Waals surface area (Å²) >= 11 is 0. The monoisotopic (exact) mass is 304 g/mol. The zero-order chi connectivity index (χ0) is 14.8. The summed E-state index contributed by atoms with van der Waals surface area (Å²) in [5, 5.41) is 0. The Balaban J connectivity index is 1.66. The van der Waals surface area contributed by atoms with Gasteiger partial charge >= 0.3 is 0 Å². The Morgan fingerprint density at radius 1 is 0.727 bits per heavy atom. The van der Waals surface area contributed by atoms with Crippen molar-refractivity contribution in [2.45, 2.75) is 32.1 Å². The Kier molecular flexibility index (Phi) is 4.15. The number of aromatic amines is 1. The summed E-state index contributed by atoms with van der Waals surface area (Å²) in [5.74, 6) is 1.35. The van der Waals surface area contributed by atoms with Crippen molar-refractivity contribution < 1.29 is 4.74 Å². The Morgan fingerprint density at radius 3 is 2.09 bits per heavy atom. The normalized spacial score (nSPS) is 23.4. The van der Waals surface area contributed by atoms with Crippen LogP contribution in [0.15, 0.2) is 6.20 Å². The van der Waals surface area contributed by atoms with Crippen LogP contribution in [0.25, 0.3) is 0 Å². The van der Waals surface area contributed by atoms with Crippen LogP contribution in [0, 0.1) is 0 Å². The Morgan fingerprint density at radius 2 is 1.36 bits per heavy atom. The van der Waals surface area contributed by atoms with Gasteiger partial charge in [0, 0.05) is 45.5 Å². The quantitative estimate of drug-likeness (QED) is 0.930. The van der Waals surface area contributed by atoms with E-state index in [0.29, 0.717) is 0 Å². The zero-order valence-corrected chi connectivity index (χ0v) is 13.5. The Bertz CT molecular complexity index is 483. The van der Waals surface area contributed by atoms with Gasteiger partial charge in [0.25, 0.3) is 0 Å². The van der Waals surface area contributed by atoms with Crippen molar-refractivity contribution in [3.63, 3.8) is 0 Å². The first-order valence-corrected chi connectivity index (χ1v) is 8.97. The maximum atomic E-state index is 5.57. The molecule has 4 rings (SSSR count). The van der Waals surface area contributed by atoms with Crippen LogP contribution in [0.1, 0.15) is 32.1 Å². The molecule has 0 atom stereocenters. The summed E-state index contributed by atoms with van der Waals surface area (Å²) in [5.41, 5.74) is 2.86. The van der Waals surface area contributed by atoms with Crippen LogP contribution in [-0.2, 0) is 4.74 Å². The second-order valence-electron chi connectivity index (χ2n) is 6.71. The molecule has 22 heavy (non-hydrogen) atoms. The largest absolute Gasteiger partial charge is 0.378 e. The molecule has 0 unspecified atom stereocenters. The highest BCUT2D eigenvalue weighted by atomic mass is 16.5. The molecule has 5 heteroatoms. The fraction of sp³-hybridized carbons (Fsp3) is 0.765. The number of H-pyrrole nitrogens is 1. The third-order valence-corrected chi connectivity index (χ3v) is 5.26. The highest BCUT2D eigenvalue weighted by molar-refractivity contribution is 5.84. The number of piperidine rings is 1. The predicted molar refractivity (Wildman–Crippen MR) is 91.3 cm³/mol. The van der Waals surface area contributed by atoms with Gasteiger partial charge in [0.2, 0.25) is 0 Å². The van der Waals surface area contributed by atoms with Gasteiger partial charge in [0.15, 0.2) is 0 Å². The van der Waals surface area contributed by atoms with Gasteiger partial charge in [-0.2, -0.15) is 0 Å². The van der Waals surface area contributed by atoms with E-state index >= 15 is 0 Å². The van der Waals surface area contributed by atoms with Gasteiger partial charge in [-0.1, -0.05) is 0 Å². The first-order valence-electron chi connectivity index (χ1n) is 8.97. The molecule has 4 heterocycles. The van der Waals surface area contributed by atoms with E-state index in [1.54, 1.807) is 0 Å². The number of ether oxygens (including phenoxy) is 1. The zero-order valence-electron chi connectivity index (χ0n) is 13.5. The molecular weight excluding hydrogens is 276 g/mol. The van der Waals surface area contributed by atoms with Crippen LogP contribution in [-0.4, -0.2) is 57.5 Å². The van der Waals surface area contributed by atoms with Crippen molar-refractivity contribution >= 4 is 17.2 Å². The van der Waals surface area contributed by atoms with E-state index in [0.717, 1.165) is 26.3 Å². The fourth-order valence-corrected chi connectivity index (χ4v) is 4.05. The van der Waals surface area contributed by atoms with E-state index in [1.807, 2.05) is 0 Å². The summed E-state index contributed by atoms with van der Waals surface area (Å²) in [6, 6.07) is 0. The van der Waals surface area contributed by atoms with E-state index in [2.05, 4.69) is 25.9 Å². The molecule has 1 aromatic heterocycles. The van der Waals surface area contributed by atoms with Crippen LogP contribution < -0.4 is 14.7 Å². The average Bonchev–Trinajstić information content (AvgIpc) is 3.25. The lowest BCUT2D eigenvalue weighted by molar-refractivity contribution is 0.123. The molecule has 0 spiro atoms. The Labute approximate surface area is 133 Å². The first kappa shape index (κ1) is 14.2. The second kappa shape index (κ2) is 6.41. The second-order valence-corrected chi connectivity index (χ2v) is 6.71. The summed E-state index contributed by atoms with van der Waals surface area (Å²) in [4.78, 5) is 11.3. The van der Waals surface area contributed by atoms with Crippen LogP contribution >= 0.6 is 0 Å². The number of aromatic nitrogens is 1. The molecule has 122 valence electrons. The van der Waals surface area contributed by atoms with Gasteiger partial charge in [0.1, 0.15) is 11.5 Å². The minimum absolute atomic E-state index is 0.851. The first-order chi connectivity index (χ1) is 10.9. The summed E-state index contributed by atoms with van der Waals surface area (Å²) < 4.78 is 5.57. The Hall–Kier alpha value is -1.36. The van der Waals surface area contributed by atoms with Crippen molar-refractivity contribution in [1.29, 1.82) is 0 Å². The maximum absolute atomic E-state index is 5.57. The smallest absolute Gasteiger partial charge is 0.132 e. The maximum Gasteiger partial charge on any atom is 0.132 e. The number of anilines is 3. The molecule has 1 N–H and O–H groups in total. The topological polar surface area (TPSA) is 34.7 Å². The summed E-state index contributed by atoms with van der Waals surface area (Å²) in [6.07, 6.45) is 8.93. The predicted octanol–water partition coefficient (Wildman–Crippen LogP) is 2.44. The molecule has 3 saturated heterocycles. The van der Waals surface area contributed by atoms with Crippen molar-refractivity contribution in [3.05, 3.63) is 6.20 Å². The molecule has 0 radical (unpaired) electrons. The highest BCUT2D eigenvalue weighted by Crippen LogP contribution is 2.41. The van der Waals surface area contributed by atoms with Crippen molar-refractivity contribution in [2.75, 3.05) is 67.2 Å². The number of rotatable bonds is 3. The third kappa shape index (κ3) is 2.67. The minimum Gasteiger partial charge on any atom is -0.378 e. The highest BCUT2D eigenvalue weighted by Gasteiger charge is 2.27. The van der Waals surface area contributed by atoms with E-state index in [9.17, 15) is 0 Å². The van der Waals surface area contributed by atoms with Crippen LogP contribution in [0.2, 0.25) is 0 Å². The fourth-order valence-electron chi connectivity index (χ4n) is 4.05. The molecular formula is C17H28N4O. The van der Waals surface area contributed by atoms with Crippen molar-refractivity contribution in [1.82, 2.24) is 4.98 Å². The summed E-state index contributed by atoms with van der Waals surface area (Å²) in [7, 11) is 0.